The molecule has 0 saturated heterocycles. The average Bonchev–Trinajstić information content (AvgIpc) is 2.77. The van der Waals surface area contributed by atoms with Crippen molar-refractivity contribution in [2.75, 3.05) is 14.2 Å². The molecule has 0 heterocycles. The Balaban J connectivity index is 0.000000191. The van der Waals surface area contributed by atoms with Crippen molar-refractivity contribution >= 4 is 35.1 Å². The highest BCUT2D eigenvalue weighted by Gasteiger charge is 2.33. The summed E-state index contributed by atoms with van der Waals surface area (Å²) in [5.74, 6) is 0.331. The summed E-state index contributed by atoms with van der Waals surface area (Å²) in [5.41, 5.74) is 1.93. The van der Waals surface area contributed by atoms with E-state index in [4.69, 9.17) is 23.2 Å². The lowest BCUT2D eigenvalue weighted by molar-refractivity contribution is -0.143. The zero-order chi connectivity index (χ0) is 24.8. The number of methoxy groups -OCH3 is 2. The molecule has 0 N–H and O–H groups in total. The first-order chi connectivity index (χ1) is 16.2. The van der Waals surface area contributed by atoms with Crippen molar-refractivity contribution in [1.82, 2.24) is 0 Å². The Hall–Kier alpha value is -2.18. The van der Waals surface area contributed by atoms with Gasteiger partial charge in [-0.2, -0.15) is 0 Å². The third-order valence-electron chi connectivity index (χ3n) is 6.67. The Bertz CT molecular complexity index is 936. The quantitative estimate of drug-likeness (QED) is 0.388. The number of ether oxygens (including phenoxy) is 2. The highest BCUT2D eigenvalue weighted by molar-refractivity contribution is 6.31. The van der Waals surface area contributed by atoms with Gasteiger partial charge >= 0.3 is 11.9 Å². The summed E-state index contributed by atoms with van der Waals surface area (Å²) in [4.78, 5) is 22.1. The summed E-state index contributed by atoms with van der Waals surface area (Å²) in [7, 11) is 2.79. The summed E-state index contributed by atoms with van der Waals surface area (Å²) >= 11 is 11.3. The van der Waals surface area contributed by atoms with Crippen molar-refractivity contribution in [2.24, 2.45) is 11.8 Å². The minimum absolute atomic E-state index is 0.152. The molecule has 0 bridgehead atoms. The molecule has 8 heteroatoms. The van der Waals surface area contributed by atoms with Crippen LogP contribution in [0.25, 0.3) is 0 Å². The van der Waals surface area contributed by atoms with Gasteiger partial charge in [-0.3, -0.25) is 9.59 Å². The lowest BCUT2D eigenvalue weighted by Crippen LogP contribution is -2.24. The van der Waals surface area contributed by atoms with Crippen LogP contribution in [0.2, 0.25) is 10.0 Å². The van der Waals surface area contributed by atoms with Crippen LogP contribution in [0.4, 0.5) is 8.78 Å². The fraction of sp³-hybridized carbons (Fsp3) is 0.462. The van der Waals surface area contributed by atoms with Gasteiger partial charge in [-0.15, -0.1) is 0 Å². The van der Waals surface area contributed by atoms with E-state index in [1.807, 2.05) is 12.1 Å². The van der Waals surface area contributed by atoms with Crippen molar-refractivity contribution < 1.29 is 27.8 Å². The van der Waals surface area contributed by atoms with Crippen molar-refractivity contribution in [3.63, 3.8) is 0 Å². The Morgan fingerprint density at radius 3 is 1.41 bits per heavy atom. The van der Waals surface area contributed by atoms with Crippen LogP contribution in [0.1, 0.15) is 61.5 Å². The second kappa shape index (κ2) is 12.0. The van der Waals surface area contributed by atoms with Crippen LogP contribution in [-0.2, 0) is 19.1 Å². The minimum Gasteiger partial charge on any atom is -0.469 e. The van der Waals surface area contributed by atoms with E-state index < -0.39 is 0 Å². The predicted molar refractivity (Wildman–Crippen MR) is 127 cm³/mol. The molecular weight excluding hydrogens is 485 g/mol. The van der Waals surface area contributed by atoms with Gasteiger partial charge in [-0.25, -0.2) is 8.78 Å². The molecule has 2 aliphatic rings. The van der Waals surface area contributed by atoms with Crippen molar-refractivity contribution in [3.8, 4) is 0 Å². The molecule has 0 atom stereocenters. The molecule has 0 spiro atoms. The average molecular weight is 513 g/mol. The molecule has 0 radical (unpaired) electrons. The molecule has 4 rings (SSSR count). The largest absolute Gasteiger partial charge is 0.469 e. The van der Waals surface area contributed by atoms with Crippen LogP contribution in [-0.4, -0.2) is 26.2 Å². The Kier molecular flexibility index (Phi) is 9.31. The minimum atomic E-state index is -0.374. The second-order valence-corrected chi connectivity index (χ2v) is 9.79. The Labute approximate surface area is 208 Å². The van der Waals surface area contributed by atoms with E-state index in [9.17, 15) is 18.4 Å². The first kappa shape index (κ1) is 26.4. The van der Waals surface area contributed by atoms with Gasteiger partial charge in [-0.1, -0.05) is 35.3 Å². The van der Waals surface area contributed by atoms with E-state index in [1.54, 1.807) is 12.1 Å². The molecule has 2 fully saturated rings. The maximum absolute atomic E-state index is 13.3. The van der Waals surface area contributed by atoms with Gasteiger partial charge < -0.3 is 9.47 Å². The van der Waals surface area contributed by atoms with Crippen molar-refractivity contribution in [2.45, 2.75) is 50.4 Å². The maximum Gasteiger partial charge on any atom is 0.305 e. The molecule has 2 saturated carbocycles. The van der Waals surface area contributed by atoms with E-state index in [1.165, 1.54) is 26.4 Å². The van der Waals surface area contributed by atoms with E-state index in [-0.39, 0.29) is 33.6 Å². The molecule has 184 valence electrons. The maximum atomic E-state index is 13.3. The van der Waals surface area contributed by atoms with E-state index in [0.717, 1.165) is 36.8 Å². The van der Waals surface area contributed by atoms with E-state index >= 15 is 0 Å². The van der Waals surface area contributed by atoms with Crippen LogP contribution in [0.5, 0.6) is 0 Å². The first-order valence-electron chi connectivity index (χ1n) is 11.2. The molecule has 0 aliphatic heterocycles. The normalized spacial score (nSPS) is 23.0. The lowest BCUT2D eigenvalue weighted by atomic mass is 9.70. The number of carbonyl (C=O) groups is 2. The van der Waals surface area contributed by atoms with Crippen LogP contribution < -0.4 is 0 Å². The number of hydrogen-bond acceptors (Lipinski definition) is 4. The molecule has 4 nitrogen and oxygen atoms in total. The molecule has 2 aromatic rings. The fourth-order valence-electron chi connectivity index (χ4n) is 4.52. The zero-order valence-electron chi connectivity index (χ0n) is 19.2. The number of carbonyl (C=O) groups excluding carboxylic acids is 2. The van der Waals surface area contributed by atoms with Gasteiger partial charge in [0.15, 0.2) is 0 Å². The summed E-state index contributed by atoms with van der Waals surface area (Å²) in [6, 6.07) is 9.84. The smallest absolute Gasteiger partial charge is 0.305 e. The first-order valence-corrected chi connectivity index (χ1v) is 12.0. The molecular formula is C26H28Cl2F2O4. The Morgan fingerprint density at radius 1 is 0.765 bits per heavy atom. The van der Waals surface area contributed by atoms with Gasteiger partial charge in [0.25, 0.3) is 0 Å². The molecule has 0 unspecified atom stereocenters. The highest BCUT2D eigenvalue weighted by Crippen LogP contribution is 2.44. The standard InChI is InChI=1S/2C13H14ClFO2/c2*1-17-13(16)6-8-4-10(5-8)9-2-3-11(14)12(15)7-9/h2*2-3,7-8,10H,4-6H2,1H3. The predicted octanol–water partition coefficient (Wildman–Crippen LogP) is 7.07. The SMILES string of the molecule is COC(=O)CC1CC(c2ccc(Cl)c(F)c2)C1.COC(=O)CC1CC(c2ccc(Cl)c(F)c2)C1. The molecule has 2 aromatic carbocycles. The van der Waals surface area contributed by atoms with Gasteiger partial charge in [-0.05, 0) is 84.7 Å². The topological polar surface area (TPSA) is 52.6 Å². The monoisotopic (exact) mass is 512 g/mol. The summed E-state index contributed by atoms with van der Waals surface area (Å²) < 4.78 is 35.7. The van der Waals surface area contributed by atoms with Gasteiger partial charge in [0.1, 0.15) is 11.6 Å². The third kappa shape index (κ3) is 6.92. The van der Waals surface area contributed by atoms with Crippen LogP contribution >= 0.6 is 23.2 Å². The van der Waals surface area contributed by atoms with Crippen LogP contribution in [0.3, 0.4) is 0 Å². The molecule has 0 amide bonds. The van der Waals surface area contributed by atoms with Crippen molar-refractivity contribution in [3.05, 3.63) is 69.2 Å². The third-order valence-corrected chi connectivity index (χ3v) is 7.28. The number of rotatable bonds is 6. The highest BCUT2D eigenvalue weighted by atomic mass is 35.5. The summed E-state index contributed by atoms with van der Waals surface area (Å²) in [6.45, 7) is 0. The van der Waals surface area contributed by atoms with Crippen LogP contribution in [0, 0.1) is 23.5 Å². The number of halogens is 4. The molecule has 2 aliphatic carbocycles. The van der Waals surface area contributed by atoms with Gasteiger partial charge in [0, 0.05) is 12.8 Å². The number of esters is 2. The Morgan fingerprint density at radius 2 is 1.12 bits per heavy atom. The van der Waals surface area contributed by atoms with Gasteiger partial charge in [0.2, 0.25) is 0 Å². The lowest BCUT2D eigenvalue weighted by Gasteiger charge is -2.35. The van der Waals surface area contributed by atoms with Gasteiger partial charge in [0.05, 0.1) is 24.3 Å². The summed E-state index contributed by atoms with van der Waals surface area (Å²) in [5, 5.41) is 0.304. The molecule has 0 aromatic heterocycles. The molecule has 34 heavy (non-hydrogen) atoms. The number of benzene rings is 2. The number of hydrogen-bond donors (Lipinski definition) is 0. The van der Waals surface area contributed by atoms with Crippen LogP contribution in [0.15, 0.2) is 36.4 Å². The van der Waals surface area contributed by atoms with E-state index in [0.29, 0.717) is 36.5 Å². The van der Waals surface area contributed by atoms with Crippen molar-refractivity contribution in [1.29, 1.82) is 0 Å². The zero-order valence-corrected chi connectivity index (χ0v) is 20.7. The van der Waals surface area contributed by atoms with E-state index in [2.05, 4.69) is 9.47 Å². The summed E-state index contributed by atoms with van der Waals surface area (Å²) in [6.07, 6.45) is 4.57. The fourth-order valence-corrected chi connectivity index (χ4v) is 4.75. The second-order valence-electron chi connectivity index (χ2n) is 8.98.